The van der Waals surface area contributed by atoms with Gasteiger partial charge in [0.25, 0.3) is 0 Å². The second kappa shape index (κ2) is 5.42. The number of carbonyl (C=O) groups excluding carboxylic acids is 1. The van der Waals surface area contributed by atoms with E-state index in [4.69, 9.17) is 0 Å². The maximum absolute atomic E-state index is 10.7. The third-order valence-corrected chi connectivity index (χ3v) is 3.12. The second-order valence-corrected chi connectivity index (χ2v) is 4.56. The number of aldehydes is 1. The molecule has 1 nitrogen and oxygen atoms in total. The molecule has 0 aromatic heterocycles. The van der Waals surface area contributed by atoms with Crippen molar-refractivity contribution in [2.45, 2.75) is 0 Å². The molecule has 0 saturated heterocycles. The van der Waals surface area contributed by atoms with Gasteiger partial charge in [-0.25, -0.2) is 0 Å². The summed E-state index contributed by atoms with van der Waals surface area (Å²) < 4.78 is 0. The van der Waals surface area contributed by atoms with Crippen molar-refractivity contribution >= 4 is 17.1 Å². The molecule has 0 fully saturated rings. The molecule has 20 heavy (non-hydrogen) atoms. The fraction of sp³-hybridized carbons (Fsp3) is 0. The van der Waals surface area contributed by atoms with E-state index in [1.165, 1.54) is 10.8 Å². The van der Waals surface area contributed by atoms with E-state index in [-0.39, 0.29) is 0 Å². The van der Waals surface area contributed by atoms with Gasteiger partial charge in [0.15, 0.2) is 0 Å². The van der Waals surface area contributed by atoms with Crippen LogP contribution >= 0.6 is 0 Å². The third kappa shape index (κ3) is 2.60. The summed E-state index contributed by atoms with van der Waals surface area (Å²) in [6, 6.07) is 21.7. The van der Waals surface area contributed by atoms with Crippen molar-refractivity contribution in [1.29, 1.82) is 0 Å². The highest BCUT2D eigenvalue weighted by molar-refractivity contribution is 5.83. The summed E-state index contributed by atoms with van der Waals surface area (Å²) in [6.45, 7) is 0. The predicted molar refractivity (Wildman–Crippen MR) is 81.8 cm³/mol. The van der Waals surface area contributed by atoms with Crippen molar-refractivity contribution < 1.29 is 4.79 Å². The molecule has 0 radical (unpaired) electrons. The van der Waals surface area contributed by atoms with Crippen molar-refractivity contribution in [2.75, 3.05) is 0 Å². The Balaban J connectivity index is 1.96. The summed E-state index contributed by atoms with van der Waals surface area (Å²) in [5.41, 5.74) is 2.47. The molecule has 0 aliphatic heterocycles. The van der Waals surface area contributed by atoms with Crippen LogP contribution < -0.4 is 0 Å². The Labute approximate surface area is 117 Å². The lowest BCUT2D eigenvalue weighted by molar-refractivity contribution is 0.112. The fourth-order valence-corrected chi connectivity index (χ4v) is 2.10. The summed E-state index contributed by atoms with van der Waals surface area (Å²) in [6.07, 6.45) is 0.835. The highest BCUT2D eigenvalue weighted by Crippen LogP contribution is 2.15. The van der Waals surface area contributed by atoms with Crippen LogP contribution in [0.4, 0.5) is 0 Å². The van der Waals surface area contributed by atoms with E-state index in [0.717, 1.165) is 17.4 Å². The molecule has 3 aromatic rings. The zero-order valence-corrected chi connectivity index (χ0v) is 10.8. The molecule has 3 rings (SSSR count). The third-order valence-electron chi connectivity index (χ3n) is 3.12. The van der Waals surface area contributed by atoms with Crippen LogP contribution in [0.5, 0.6) is 0 Å². The summed E-state index contributed by atoms with van der Waals surface area (Å²) in [5, 5.41) is 2.39. The second-order valence-electron chi connectivity index (χ2n) is 4.56. The van der Waals surface area contributed by atoms with Crippen molar-refractivity contribution in [3.63, 3.8) is 0 Å². The Morgan fingerprint density at radius 3 is 2.25 bits per heavy atom. The summed E-state index contributed by atoms with van der Waals surface area (Å²) in [5.74, 6) is 6.23. The Bertz CT molecular complexity index is 835. The Morgan fingerprint density at radius 2 is 1.45 bits per heavy atom. The number of hydrogen-bond donors (Lipinski definition) is 0. The Hall–Kier alpha value is -2.85. The van der Waals surface area contributed by atoms with Crippen molar-refractivity contribution in [1.82, 2.24) is 0 Å². The summed E-state index contributed by atoms with van der Waals surface area (Å²) in [7, 11) is 0. The van der Waals surface area contributed by atoms with Crippen LogP contribution in [0.3, 0.4) is 0 Å². The van der Waals surface area contributed by atoms with Crippen LogP contribution in [0.1, 0.15) is 21.5 Å². The molecule has 0 amide bonds. The lowest BCUT2D eigenvalue weighted by Gasteiger charge is -1.97. The topological polar surface area (TPSA) is 17.1 Å². The largest absolute Gasteiger partial charge is 0.298 e. The summed E-state index contributed by atoms with van der Waals surface area (Å²) in [4.78, 5) is 10.7. The highest BCUT2D eigenvalue weighted by Gasteiger charge is 1.94. The highest BCUT2D eigenvalue weighted by atomic mass is 16.1. The van der Waals surface area contributed by atoms with Gasteiger partial charge in [-0.15, -0.1) is 0 Å². The molecule has 1 heteroatoms. The molecule has 0 atom stereocenters. The van der Waals surface area contributed by atoms with E-state index < -0.39 is 0 Å². The Morgan fingerprint density at radius 1 is 0.700 bits per heavy atom. The SMILES string of the molecule is O=Cc1cccc(C#Cc2ccc3ccccc3c2)c1. The first-order valence-corrected chi connectivity index (χ1v) is 6.41. The predicted octanol–water partition coefficient (Wildman–Crippen LogP) is 4.05. The molecule has 0 aliphatic rings. The summed E-state index contributed by atoms with van der Waals surface area (Å²) >= 11 is 0. The first-order chi connectivity index (χ1) is 9.85. The molecule has 0 N–H and O–H groups in total. The molecular formula is C19H12O. The van der Waals surface area contributed by atoms with Gasteiger partial charge in [-0.05, 0) is 35.0 Å². The van der Waals surface area contributed by atoms with Gasteiger partial charge in [0.05, 0.1) is 0 Å². The van der Waals surface area contributed by atoms with Gasteiger partial charge >= 0.3 is 0 Å². The van der Waals surface area contributed by atoms with Gasteiger partial charge in [-0.1, -0.05) is 54.3 Å². The van der Waals surface area contributed by atoms with E-state index in [9.17, 15) is 4.79 Å². The van der Waals surface area contributed by atoms with E-state index >= 15 is 0 Å². The van der Waals surface area contributed by atoms with Gasteiger partial charge in [-0.3, -0.25) is 4.79 Å². The van der Waals surface area contributed by atoms with E-state index in [2.05, 4.69) is 36.1 Å². The maximum Gasteiger partial charge on any atom is 0.150 e. The van der Waals surface area contributed by atoms with Gasteiger partial charge in [0, 0.05) is 16.7 Å². The molecule has 0 bridgehead atoms. The van der Waals surface area contributed by atoms with Crippen LogP contribution in [0.15, 0.2) is 66.7 Å². The van der Waals surface area contributed by atoms with Crippen molar-refractivity contribution in [3.8, 4) is 11.8 Å². The van der Waals surface area contributed by atoms with Crippen LogP contribution in [-0.4, -0.2) is 6.29 Å². The molecule has 0 aliphatic carbocycles. The van der Waals surface area contributed by atoms with Crippen LogP contribution in [0.2, 0.25) is 0 Å². The van der Waals surface area contributed by atoms with Gasteiger partial charge in [0.1, 0.15) is 6.29 Å². The van der Waals surface area contributed by atoms with Gasteiger partial charge < -0.3 is 0 Å². The van der Waals surface area contributed by atoms with Crippen LogP contribution in [0.25, 0.3) is 10.8 Å². The average molecular weight is 256 g/mol. The maximum atomic E-state index is 10.7. The van der Waals surface area contributed by atoms with Gasteiger partial charge in [0.2, 0.25) is 0 Å². The zero-order chi connectivity index (χ0) is 13.8. The monoisotopic (exact) mass is 256 g/mol. The normalized spacial score (nSPS) is 9.80. The van der Waals surface area contributed by atoms with Crippen molar-refractivity contribution in [2.24, 2.45) is 0 Å². The number of benzene rings is 3. The lowest BCUT2D eigenvalue weighted by atomic mass is 10.1. The number of hydrogen-bond acceptors (Lipinski definition) is 1. The van der Waals surface area contributed by atoms with Gasteiger partial charge in [-0.2, -0.15) is 0 Å². The quantitative estimate of drug-likeness (QED) is 0.474. The molecule has 0 heterocycles. The molecular weight excluding hydrogens is 244 g/mol. The minimum absolute atomic E-state index is 0.648. The Kier molecular flexibility index (Phi) is 3.31. The first-order valence-electron chi connectivity index (χ1n) is 6.41. The van der Waals surface area contributed by atoms with E-state index in [0.29, 0.717) is 5.56 Å². The van der Waals surface area contributed by atoms with E-state index in [1.54, 1.807) is 12.1 Å². The fourth-order valence-electron chi connectivity index (χ4n) is 2.10. The lowest BCUT2D eigenvalue weighted by Crippen LogP contribution is -1.81. The number of rotatable bonds is 1. The molecule has 0 spiro atoms. The average Bonchev–Trinajstić information content (AvgIpc) is 2.53. The smallest absolute Gasteiger partial charge is 0.150 e. The number of carbonyl (C=O) groups is 1. The molecule has 0 saturated carbocycles. The standard InChI is InChI=1S/C19H12O/c20-14-17-5-3-4-15(12-17)8-9-16-10-11-18-6-1-2-7-19(18)13-16/h1-7,10-14H. The zero-order valence-electron chi connectivity index (χ0n) is 10.8. The van der Waals surface area contributed by atoms with E-state index in [1.807, 2.05) is 30.3 Å². The van der Waals surface area contributed by atoms with Crippen LogP contribution in [0, 0.1) is 11.8 Å². The molecule has 0 unspecified atom stereocenters. The minimum Gasteiger partial charge on any atom is -0.298 e. The minimum atomic E-state index is 0.648. The molecule has 94 valence electrons. The van der Waals surface area contributed by atoms with Crippen LogP contribution in [-0.2, 0) is 0 Å². The number of fused-ring (bicyclic) bond motifs is 1. The molecule has 3 aromatic carbocycles. The first kappa shape index (κ1) is 12.2. The van der Waals surface area contributed by atoms with Crippen molar-refractivity contribution in [3.05, 3.63) is 83.4 Å².